The van der Waals surface area contributed by atoms with E-state index in [-0.39, 0.29) is 12.4 Å². The van der Waals surface area contributed by atoms with E-state index in [0.29, 0.717) is 6.54 Å². The summed E-state index contributed by atoms with van der Waals surface area (Å²) in [5, 5.41) is 4.89. The highest BCUT2D eigenvalue weighted by molar-refractivity contribution is 5.85. The van der Waals surface area contributed by atoms with Crippen LogP contribution in [0.15, 0.2) is 78.9 Å². The van der Waals surface area contributed by atoms with Crippen LogP contribution in [-0.2, 0) is 13.1 Å². The van der Waals surface area contributed by atoms with Gasteiger partial charge >= 0.3 is 0 Å². The number of nitrogens with zero attached hydrogens (tertiary/aromatic N) is 4. The number of hydrogen-bond donors (Lipinski definition) is 0. The van der Waals surface area contributed by atoms with Crippen molar-refractivity contribution >= 4 is 12.4 Å². The Morgan fingerprint density at radius 1 is 0.788 bits per heavy atom. The summed E-state index contributed by atoms with van der Waals surface area (Å²) in [5.74, 6) is 2.44. The third-order valence-electron chi connectivity index (χ3n) is 5.99. The fourth-order valence-corrected chi connectivity index (χ4v) is 4.29. The standard InChI is InChI=1S/C27H28N4O.ClH/c1-32-25-14-12-23(13-15-25)26-28-27(31(29-26)20-21-8-3-2-4-9-21)24-11-7-10-22(18-24)19-30-16-5-6-17-30;/h2-4,7-15,18H,5-6,16-17,19-20H2,1H3;1H. The van der Waals surface area contributed by atoms with Gasteiger partial charge in [-0.05, 0) is 67.4 Å². The van der Waals surface area contributed by atoms with E-state index >= 15 is 0 Å². The summed E-state index contributed by atoms with van der Waals surface area (Å²) in [6.07, 6.45) is 2.60. The summed E-state index contributed by atoms with van der Waals surface area (Å²) in [5.41, 5.74) is 4.61. The third kappa shape index (κ3) is 5.44. The zero-order valence-electron chi connectivity index (χ0n) is 18.9. The lowest BCUT2D eigenvalue weighted by Crippen LogP contribution is -2.18. The Balaban J connectivity index is 0.00000259. The van der Waals surface area contributed by atoms with Crippen molar-refractivity contribution in [3.8, 4) is 28.5 Å². The topological polar surface area (TPSA) is 43.2 Å². The first-order valence-electron chi connectivity index (χ1n) is 11.2. The molecule has 0 radical (unpaired) electrons. The van der Waals surface area contributed by atoms with Gasteiger partial charge in [-0.1, -0.05) is 48.5 Å². The lowest BCUT2D eigenvalue weighted by Gasteiger charge is -2.15. The Morgan fingerprint density at radius 3 is 2.24 bits per heavy atom. The molecular formula is C27H29ClN4O. The average Bonchev–Trinajstić information content (AvgIpc) is 3.50. The lowest BCUT2D eigenvalue weighted by atomic mass is 10.1. The van der Waals surface area contributed by atoms with Crippen LogP contribution >= 0.6 is 12.4 Å². The van der Waals surface area contributed by atoms with Crippen LogP contribution in [0.25, 0.3) is 22.8 Å². The van der Waals surface area contributed by atoms with Gasteiger partial charge in [0, 0.05) is 17.7 Å². The Labute approximate surface area is 201 Å². The summed E-state index contributed by atoms with van der Waals surface area (Å²) in [6, 6.07) is 27.1. The monoisotopic (exact) mass is 460 g/mol. The minimum atomic E-state index is 0. The number of hydrogen-bond acceptors (Lipinski definition) is 4. The van der Waals surface area contributed by atoms with Crippen molar-refractivity contribution in [2.45, 2.75) is 25.9 Å². The first kappa shape index (κ1) is 23.0. The highest BCUT2D eigenvalue weighted by Crippen LogP contribution is 2.26. The summed E-state index contributed by atoms with van der Waals surface area (Å²) >= 11 is 0. The molecule has 1 aliphatic heterocycles. The normalized spacial score (nSPS) is 13.6. The SMILES string of the molecule is COc1ccc(-c2nc(-c3cccc(CN4CCCC4)c3)n(Cc3ccccc3)n2)cc1.Cl. The van der Waals surface area contributed by atoms with E-state index in [9.17, 15) is 0 Å². The number of benzene rings is 3. The van der Waals surface area contributed by atoms with Gasteiger partial charge in [-0.15, -0.1) is 12.4 Å². The van der Waals surface area contributed by atoms with Gasteiger partial charge in [0.25, 0.3) is 0 Å². The van der Waals surface area contributed by atoms with Crippen molar-refractivity contribution in [3.05, 3.63) is 90.0 Å². The van der Waals surface area contributed by atoms with Crippen molar-refractivity contribution in [2.24, 2.45) is 0 Å². The largest absolute Gasteiger partial charge is 0.497 e. The Hall–Kier alpha value is -3.15. The maximum absolute atomic E-state index is 5.30. The van der Waals surface area contributed by atoms with Gasteiger partial charge in [0.15, 0.2) is 11.6 Å². The van der Waals surface area contributed by atoms with Gasteiger partial charge in [-0.2, -0.15) is 5.10 Å². The molecule has 170 valence electrons. The fourth-order valence-electron chi connectivity index (χ4n) is 4.29. The molecule has 0 N–H and O–H groups in total. The molecule has 3 aromatic carbocycles. The van der Waals surface area contributed by atoms with E-state index in [4.69, 9.17) is 14.8 Å². The summed E-state index contributed by atoms with van der Waals surface area (Å²) < 4.78 is 7.32. The average molecular weight is 461 g/mol. The summed E-state index contributed by atoms with van der Waals surface area (Å²) in [4.78, 5) is 7.50. The van der Waals surface area contributed by atoms with Crippen LogP contribution in [0.3, 0.4) is 0 Å². The number of halogens is 1. The van der Waals surface area contributed by atoms with Crippen molar-refractivity contribution in [3.63, 3.8) is 0 Å². The molecule has 1 saturated heterocycles. The van der Waals surface area contributed by atoms with Crippen molar-refractivity contribution in [1.82, 2.24) is 19.7 Å². The number of likely N-dealkylation sites (tertiary alicyclic amines) is 1. The smallest absolute Gasteiger partial charge is 0.181 e. The van der Waals surface area contributed by atoms with Crippen LogP contribution in [0.4, 0.5) is 0 Å². The molecule has 0 spiro atoms. The van der Waals surface area contributed by atoms with Crippen molar-refractivity contribution in [1.29, 1.82) is 0 Å². The van der Waals surface area contributed by atoms with Gasteiger partial charge in [-0.3, -0.25) is 4.90 Å². The molecule has 0 atom stereocenters. The minimum absolute atomic E-state index is 0. The van der Waals surface area contributed by atoms with Gasteiger partial charge in [0.05, 0.1) is 13.7 Å². The molecule has 0 unspecified atom stereocenters. The first-order valence-corrected chi connectivity index (χ1v) is 11.2. The van der Waals surface area contributed by atoms with Crippen LogP contribution < -0.4 is 4.74 Å². The van der Waals surface area contributed by atoms with Crippen molar-refractivity contribution < 1.29 is 4.74 Å². The van der Waals surface area contributed by atoms with Gasteiger partial charge in [0.2, 0.25) is 0 Å². The van der Waals surface area contributed by atoms with Gasteiger partial charge in [-0.25, -0.2) is 9.67 Å². The van der Waals surface area contributed by atoms with E-state index in [0.717, 1.165) is 35.1 Å². The quantitative estimate of drug-likeness (QED) is 0.355. The number of ether oxygens (including phenoxy) is 1. The van der Waals surface area contributed by atoms with Crippen LogP contribution in [-0.4, -0.2) is 39.9 Å². The predicted octanol–water partition coefficient (Wildman–Crippen LogP) is 5.69. The second-order valence-electron chi connectivity index (χ2n) is 8.31. The van der Waals surface area contributed by atoms with E-state index in [2.05, 4.69) is 53.4 Å². The van der Waals surface area contributed by atoms with Crippen LogP contribution in [0, 0.1) is 0 Å². The summed E-state index contributed by atoms with van der Waals surface area (Å²) in [7, 11) is 1.68. The molecular weight excluding hydrogens is 432 g/mol. The highest BCUT2D eigenvalue weighted by Gasteiger charge is 2.16. The third-order valence-corrected chi connectivity index (χ3v) is 5.99. The summed E-state index contributed by atoms with van der Waals surface area (Å²) in [6.45, 7) is 4.05. The van der Waals surface area contributed by atoms with E-state index < -0.39 is 0 Å². The zero-order chi connectivity index (χ0) is 21.8. The van der Waals surface area contributed by atoms with Crippen LogP contribution in [0.5, 0.6) is 5.75 Å². The van der Waals surface area contributed by atoms with E-state index in [1.807, 2.05) is 35.0 Å². The highest BCUT2D eigenvalue weighted by atomic mass is 35.5. The number of aromatic nitrogens is 3. The molecule has 4 aromatic rings. The molecule has 5 rings (SSSR count). The maximum atomic E-state index is 5.30. The van der Waals surface area contributed by atoms with Gasteiger partial charge in [0.1, 0.15) is 5.75 Å². The Bertz CT molecular complexity index is 1170. The number of rotatable bonds is 7. The molecule has 1 fully saturated rings. The van der Waals surface area contributed by atoms with Crippen LogP contribution in [0.2, 0.25) is 0 Å². The molecule has 0 aliphatic carbocycles. The molecule has 2 heterocycles. The Morgan fingerprint density at radius 2 is 1.52 bits per heavy atom. The first-order chi connectivity index (χ1) is 15.8. The zero-order valence-corrected chi connectivity index (χ0v) is 19.7. The molecule has 1 aliphatic rings. The second-order valence-corrected chi connectivity index (χ2v) is 8.31. The second kappa shape index (κ2) is 10.6. The molecule has 33 heavy (non-hydrogen) atoms. The molecule has 0 saturated carbocycles. The molecule has 6 heteroatoms. The van der Waals surface area contributed by atoms with E-state index in [1.165, 1.54) is 37.1 Å². The number of methoxy groups -OCH3 is 1. The fraction of sp³-hybridized carbons (Fsp3) is 0.259. The van der Waals surface area contributed by atoms with Crippen molar-refractivity contribution in [2.75, 3.05) is 20.2 Å². The Kier molecular flexibility index (Phi) is 7.43. The molecule has 1 aromatic heterocycles. The molecule has 0 amide bonds. The molecule has 0 bridgehead atoms. The predicted molar refractivity (Wildman–Crippen MR) is 135 cm³/mol. The van der Waals surface area contributed by atoms with E-state index in [1.54, 1.807) is 7.11 Å². The maximum Gasteiger partial charge on any atom is 0.181 e. The lowest BCUT2D eigenvalue weighted by molar-refractivity contribution is 0.331. The molecule has 5 nitrogen and oxygen atoms in total. The van der Waals surface area contributed by atoms with Crippen LogP contribution in [0.1, 0.15) is 24.0 Å². The minimum Gasteiger partial charge on any atom is -0.497 e. The van der Waals surface area contributed by atoms with Gasteiger partial charge < -0.3 is 4.74 Å².